The molecule has 2 aromatic rings. The van der Waals surface area contributed by atoms with Crippen LogP contribution in [-0.4, -0.2) is 11.1 Å². The molecule has 0 radical (unpaired) electrons. The monoisotopic (exact) mass is 320 g/mol. The third-order valence-electron chi connectivity index (χ3n) is 4.16. The first-order valence-electron chi connectivity index (χ1n) is 8.02. The highest BCUT2D eigenvalue weighted by molar-refractivity contribution is 5.81. The normalized spacial score (nSPS) is 20.5. The van der Waals surface area contributed by atoms with Crippen LogP contribution < -0.4 is 4.74 Å². The summed E-state index contributed by atoms with van der Waals surface area (Å²) in [5, 5.41) is 8.85. The summed E-state index contributed by atoms with van der Waals surface area (Å²) >= 11 is 0. The number of carboxylic acids is 1. The second-order valence-corrected chi connectivity index (χ2v) is 6.01. The van der Waals surface area contributed by atoms with Crippen molar-refractivity contribution in [1.29, 1.82) is 0 Å². The van der Waals surface area contributed by atoms with Gasteiger partial charge in [-0.3, -0.25) is 0 Å². The molecule has 0 fully saturated rings. The Kier molecular flexibility index (Phi) is 4.80. The number of benzene rings is 2. The van der Waals surface area contributed by atoms with Gasteiger partial charge < -0.3 is 9.84 Å². The van der Waals surface area contributed by atoms with E-state index in [1.165, 1.54) is 11.6 Å². The van der Waals surface area contributed by atoms with E-state index >= 15 is 0 Å². The van der Waals surface area contributed by atoms with Crippen LogP contribution in [0.4, 0.5) is 0 Å². The number of para-hydroxylation sites is 1. The van der Waals surface area contributed by atoms with Crippen molar-refractivity contribution in [2.75, 3.05) is 0 Å². The number of fused-ring (bicyclic) bond motifs is 1. The zero-order valence-corrected chi connectivity index (χ0v) is 13.6. The Hall–Kier alpha value is -2.81. The highest BCUT2D eigenvalue weighted by Gasteiger charge is 2.29. The van der Waals surface area contributed by atoms with Crippen LogP contribution in [-0.2, 0) is 11.2 Å². The van der Waals surface area contributed by atoms with E-state index in [0.717, 1.165) is 17.7 Å². The maximum absolute atomic E-state index is 10.8. The summed E-state index contributed by atoms with van der Waals surface area (Å²) in [6.45, 7) is 1.79. The van der Waals surface area contributed by atoms with Crippen molar-refractivity contribution in [1.82, 2.24) is 0 Å². The van der Waals surface area contributed by atoms with Gasteiger partial charge in [0.25, 0.3) is 0 Å². The third-order valence-corrected chi connectivity index (χ3v) is 4.16. The molecule has 0 amide bonds. The first-order valence-corrected chi connectivity index (χ1v) is 8.02. The molecule has 0 aliphatic carbocycles. The lowest BCUT2D eigenvalue weighted by atomic mass is 9.86. The number of carbonyl (C=O) groups is 1. The molecule has 2 aromatic carbocycles. The van der Waals surface area contributed by atoms with Gasteiger partial charge in [0.05, 0.1) is 0 Å². The van der Waals surface area contributed by atoms with Crippen molar-refractivity contribution in [2.45, 2.75) is 19.4 Å². The van der Waals surface area contributed by atoms with Crippen LogP contribution >= 0.6 is 0 Å². The van der Waals surface area contributed by atoms with Crippen LogP contribution in [0.25, 0.3) is 0 Å². The molecule has 0 aromatic heterocycles. The second-order valence-electron chi connectivity index (χ2n) is 6.01. The molecule has 1 aliphatic heterocycles. The van der Waals surface area contributed by atoms with E-state index in [0.29, 0.717) is 5.57 Å². The lowest BCUT2D eigenvalue weighted by Gasteiger charge is -2.32. The zero-order valence-electron chi connectivity index (χ0n) is 13.6. The summed E-state index contributed by atoms with van der Waals surface area (Å²) in [5.41, 5.74) is 3.02. The molecule has 2 unspecified atom stereocenters. The van der Waals surface area contributed by atoms with Gasteiger partial charge in [-0.15, -0.1) is 0 Å². The molecule has 0 saturated carbocycles. The number of hydrogen-bond acceptors (Lipinski definition) is 2. The fraction of sp³-hybridized carbons (Fsp3) is 0.190. The number of ether oxygens (including phenoxy) is 1. The molecule has 2 atom stereocenters. The number of carboxylic acid groups (broad SMARTS) is 1. The minimum atomic E-state index is -0.929. The van der Waals surface area contributed by atoms with Gasteiger partial charge in [0.15, 0.2) is 0 Å². The van der Waals surface area contributed by atoms with Gasteiger partial charge in [-0.2, -0.15) is 0 Å². The average Bonchev–Trinajstić information content (AvgIpc) is 2.59. The van der Waals surface area contributed by atoms with Gasteiger partial charge in [0, 0.05) is 12.0 Å². The van der Waals surface area contributed by atoms with Crippen molar-refractivity contribution >= 4 is 5.97 Å². The number of hydrogen-bond donors (Lipinski definition) is 1. The van der Waals surface area contributed by atoms with Crippen molar-refractivity contribution < 1.29 is 14.6 Å². The van der Waals surface area contributed by atoms with Crippen LogP contribution in [0.1, 0.15) is 24.2 Å². The van der Waals surface area contributed by atoms with Crippen molar-refractivity contribution in [3.8, 4) is 5.75 Å². The molecule has 24 heavy (non-hydrogen) atoms. The summed E-state index contributed by atoms with van der Waals surface area (Å²) < 4.78 is 6.26. The van der Waals surface area contributed by atoms with Crippen molar-refractivity contribution in [3.05, 3.63) is 89.5 Å². The summed E-state index contributed by atoms with van der Waals surface area (Å²) in [6, 6.07) is 18.2. The average molecular weight is 320 g/mol. The van der Waals surface area contributed by atoms with Gasteiger partial charge in [0.1, 0.15) is 11.9 Å². The Balaban J connectivity index is 1.92. The number of rotatable bonds is 4. The highest BCUT2D eigenvalue weighted by atomic mass is 16.5. The van der Waals surface area contributed by atoms with Crippen molar-refractivity contribution in [2.24, 2.45) is 5.92 Å². The lowest BCUT2D eigenvalue weighted by Crippen LogP contribution is -2.24. The maximum atomic E-state index is 10.8. The van der Waals surface area contributed by atoms with Gasteiger partial charge in [-0.25, -0.2) is 4.79 Å². The van der Waals surface area contributed by atoms with Crippen LogP contribution in [0.15, 0.2) is 78.4 Å². The van der Waals surface area contributed by atoms with Crippen LogP contribution in [0.5, 0.6) is 5.75 Å². The summed E-state index contributed by atoms with van der Waals surface area (Å²) in [7, 11) is 0. The largest absolute Gasteiger partial charge is 0.485 e. The standard InChI is InChI=1S/C21H20O3/c1-15(13-20(22)23)11-12-18-14-17-9-5-6-10-19(17)24-21(18)16-7-3-2-4-8-16/h2-13,18,21H,14H2,1H3,(H,22,23). The second kappa shape index (κ2) is 7.18. The maximum Gasteiger partial charge on any atom is 0.328 e. The topological polar surface area (TPSA) is 46.5 Å². The Labute approximate surface area is 141 Å². The molecule has 0 saturated heterocycles. The third kappa shape index (κ3) is 3.74. The predicted octanol–water partition coefficient (Wildman–Crippen LogP) is 4.57. The smallest absolute Gasteiger partial charge is 0.328 e. The van der Waals surface area contributed by atoms with E-state index in [2.05, 4.69) is 24.3 Å². The lowest BCUT2D eigenvalue weighted by molar-refractivity contribution is -0.131. The Morgan fingerprint density at radius 3 is 2.58 bits per heavy atom. The van der Waals surface area contributed by atoms with Crippen LogP contribution in [0.3, 0.4) is 0 Å². The molecule has 3 heteroatoms. The van der Waals surface area contributed by atoms with E-state index < -0.39 is 5.97 Å². The van der Waals surface area contributed by atoms with Crippen LogP contribution in [0.2, 0.25) is 0 Å². The predicted molar refractivity (Wildman–Crippen MR) is 94.0 cm³/mol. The first-order chi connectivity index (χ1) is 11.6. The molecule has 122 valence electrons. The molecule has 0 bridgehead atoms. The quantitative estimate of drug-likeness (QED) is 0.663. The van der Waals surface area contributed by atoms with E-state index in [9.17, 15) is 4.79 Å². The van der Waals surface area contributed by atoms with Crippen LogP contribution in [0, 0.1) is 5.92 Å². The molecule has 1 heterocycles. The molecule has 3 nitrogen and oxygen atoms in total. The fourth-order valence-electron chi connectivity index (χ4n) is 3.02. The van der Waals surface area contributed by atoms with E-state index in [4.69, 9.17) is 9.84 Å². The molecule has 0 spiro atoms. The minimum absolute atomic E-state index is 0.0741. The van der Waals surface area contributed by atoms with E-state index in [1.807, 2.05) is 42.5 Å². The Bertz CT molecular complexity index is 775. The van der Waals surface area contributed by atoms with Gasteiger partial charge in [-0.1, -0.05) is 60.7 Å². The minimum Gasteiger partial charge on any atom is -0.485 e. The Morgan fingerprint density at radius 1 is 1.12 bits per heavy atom. The van der Waals surface area contributed by atoms with Gasteiger partial charge >= 0.3 is 5.97 Å². The zero-order chi connectivity index (χ0) is 16.9. The summed E-state index contributed by atoms with van der Waals surface area (Å²) in [5.74, 6) is 0.148. The first kappa shape index (κ1) is 16.1. The van der Waals surface area contributed by atoms with Gasteiger partial charge in [0.2, 0.25) is 0 Å². The Morgan fingerprint density at radius 2 is 1.83 bits per heavy atom. The van der Waals surface area contributed by atoms with Gasteiger partial charge in [-0.05, 0) is 36.1 Å². The number of aliphatic carboxylic acids is 1. The fourth-order valence-corrected chi connectivity index (χ4v) is 3.02. The molecular weight excluding hydrogens is 300 g/mol. The highest BCUT2D eigenvalue weighted by Crippen LogP contribution is 2.39. The molecular formula is C21H20O3. The summed E-state index contributed by atoms with van der Waals surface area (Å²) in [4.78, 5) is 10.8. The van der Waals surface area contributed by atoms with E-state index in [-0.39, 0.29) is 12.0 Å². The molecule has 3 rings (SSSR count). The number of allylic oxidation sites excluding steroid dienone is 2. The van der Waals surface area contributed by atoms with E-state index in [1.54, 1.807) is 6.92 Å². The SMILES string of the molecule is CC(C=CC1Cc2ccccc2OC1c1ccccc1)=CC(=O)O. The van der Waals surface area contributed by atoms with Crippen molar-refractivity contribution in [3.63, 3.8) is 0 Å². The summed E-state index contributed by atoms with van der Waals surface area (Å²) in [6.07, 6.45) is 5.93. The molecule has 1 aliphatic rings. The molecule has 1 N–H and O–H groups in total.